The van der Waals surface area contributed by atoms with Crippen LogP contribution < -0.4 is 5.32 Å². The predicted octanol–water partition coefficient (Wildman–Crippen LogP) is 2.98. The highest BCUT2D eigenvalue weighted by Crippen LogP contribution is 2.19. The van der Waals surface area contributed by atoms with Crippen molar-refractivity contribution in [2.45, 2.75) is 39.7 Å². The van der Waals surface area contributed by atoms with Crippen LogP contribution in [0.3, 0.4) is 0 Å². The summed E-state index contributed by atoms with van der Waals surface area (Å²) in [6, 6.07) is 4.80. The first-order valence-corrected chi connectivity index (χ1v) is 7.77. The molecule has 0 unspecified atom stereocenters. The molecule has 0 radical (unpaired) electrons. The van der Waals surface area contributed by atoms with E-state index in [0.29, 0.717) is 12.5 Å². The lowest BCUT2D eigenvalue weighted by Gasteiger charge is -2.33. The maximum atomic E-state index is 14.0. The van der Waals surface area contributed by atoms with Gasteiger partial charge >= 0.3 is 0 Å². The number of carbonyl (C=O) groups excluding carboxylic acids is 1. The largest absolute Gasteiger partial charge is 0.336 e. The van der Waals surface area contributed by atoms with Crippen LogP contribution in [0.2, 0.25) is 0 Å². The summed E-state index contributed by atoms with van der Waals surface area (Å²) < 4.78 is 14.0. The zero-order valence-corrected chi connectivity index (χ0v) is 13.2. The molecule has 0 aliphatic carbocycles. The average molecular weight is 292 g/mol. The van der Waals surface area contributed by atoms with Crippen molar-refractivity contribution in [2.75, 3.05) is 19.6 Å². The van der Waals surface area contributed by atoms with Gasteiger partial charge in [0.05, 0.1) is 5.56 Å². The van der Waals surface area contributed by atoms with E-state index < -0.39 is 5.82 Å². The molecule has 1 fully saturated rings. The van der Waals surface area contributed by atoms with Crippen molar-refractivity contribution in [2.24, 2.45) is 5.92 Å². The van der Waals surface area contributed by atoms with Gasteiger partial charge < -0.3 is 10.2 Å². The monoisotopic (exact) mass is 292 g/mol. The maximum Gasteiger partial charge on any atom is 0.257 e. The number of rotatable bonds is 4. The summed E-state index contributed by atoms with van der Waals surface area (Å²) in [6.45, 7) is 8.58. The third-order valence-electron chi connectivity index (χ3n) is 4.15. The molecular formula is C17H25FN2O. The van der Waals surface area contributed by atoms with Crippen molar-refractivity contribution in [3.05, 3.63) is 35.1 Å². The van der Waals surface area contributed by atoms with E-state index in [9.17, 15) is 9.18 Å². The minimum absolute atomic E-state index is 0.0762. The summed E-state index contributed by atoms with van der Waals surface area (Å²) in [6.07, 6.45) is 2.15. The number of amides is 1. The predicted molar refractivity (Wildman–Crippen MR) is 82.9 cm³/mol. The number of hydrogen-bond acceptors (Lipinski definition) is 2. The quantitative estimate of drug-likeness (QED) is 0.925. The summed E-state index contributed by atoms with van der Waals surface area (Å²) in [7, 11) is 0. The third kappa shape index (κ3) is 4.03. The average Bonchev–Trinajstić information content (AvgIpc) is 2.47. The Morgan fingerprint density at radius 3 is 2.67 bits per heavy atom. The van der Waals surface area contributed by atoms with Crippen LogP contribution in [0.5, 0.6) is 0 Å². The number of carbonyl (C=O) groups is 1. The molecule has 1 aromatic rings. The summed E-state index contributed by atoms with van der Waals surface area (Å²) in [4.78, 5) is 14.5. The van der Waals surface area contributed by atoms with Gasteiger partial charge in [0, 0.05) is 12.6 Å². The molecular weight excluding hydrogens is 267 g/mol. The van der Waals surface area contributed by atoms with Crippen LogP contribution in [0.4, 0.5) is 4.39 Å². The standard InChI is InChI=1S/C17H25FN2O/c1-12(2)20(11-14-6-8-19-9-7-14)17(21)15-10-13(3)4-5-16(15)18/h4-5,10,12,14,19H,6-9,11H2,1-3H3. The van der Waals surface area contributed by atoms with Crippen LogP contribution in [-0.4, -0.2) is 36.5 Å². The SMILES string of the molecule is Cc1ccc(F)c(C(=O)N(CC2CCNCC2)C(C)C)c1. The van der Waals surface area contributed by atoms with Crippen LogP contribution in [0.1, 0.15) is 42.6 Å². The Balaban J connectivity index is 2.16. The summed E-state index contributed by atoms with van der Waals surface area (Å²) in [5.41, 5.74) is 1.10. The van der Waals surface area contributed by atoms with Gasteiger partial charge in [-0.2, -0.15) is 0 Å². The van der Waals surface area contributed by atoms with Gasteiger partial charge in [0.1, 0.15) is 5.82 Å². The number of benzene rings is 1. The summed E-state index contributed by atoms with van der Waals surface area (Å²) in [5.74, 6) is -0.114. The van der Waals surface area contributed by atoms with E-state index in [2.05, 4.69) is 5.32 Å². The highest BCUT2D eigenvalue weighted by molar-refractivity contribution is 5.94. The molecule has 1 aliphatic rings. The number of nitrogens with zero attached hydrogens (tertiary/aromatic N) is 1. The van der Waals surface area contributed by atoms with Gasteiger partial charge in [0.25, 0.3) is 5.91 Å². The van der Waals surface area contributed by atoms with Crippen LogP contribution in [0.25, 0.3) is 0 Å². The molecule has 0 bridgehead atoms. The fourth-order valence-electron chi connectivity index (χ4n) is 2.83. The Kier molecular flexibility index (Phi) is 5.34. The molecule has 1 aromatic carbocycles. The molecule has 0 atom stereocenters. The smallest absolute Gasteiger partial charge is 0.257 e. The molecule has 1 aliphatic heterocycles. The minimum Gasteiger partial charge on any atom is -0.336 e. The van der Waals surface area contributed by atoms with Gasteiger partial charge in [-0.1, -0.05) is 11.6 Å². The zero-order chi connectivity index (χ0) is 15.4. The highest BCUT2D eigenvalue weighted by Gasteiger charge is 2.25. The molecule has 0 saturated carbocycles. The molecule has 0 spiro atoms. The van der Waals surface area contributed by atoms with Crippen LogP contribution in [0.15, 0.2) is 18.2 Å². The van der Waals surface area contributed by atoms with E-state index in [0.717, 1.165) is 31.5 Å². The molecule has 4 heteroatoms. The van der Waals surface area contributed by atoms with E-state index in [4.69, 9.17) is 0 Å². The fraction of sp³-hybridized carbons (Fsp3) is 0.588. The van der Waals surface area contributed by atoms with Gasteiger partial charge in [-0.05, 0) is 64.8 Å². The van der Waals surface area contributed by atoms with Gasteiger partial charge in [-0.25, -0.2) is 4.39 Å². The summed E-state index contributed by atoms with van der Waals surface area (Å²) in [5, 5.41) is 3.33. The van der Waals surface area contributed by atoms with Crippen molar-refractivity contribution in [1.29, 1.82) is 0 Å². The second-order valence-corrected chi connectivity index (χ2v) is 6.23. The van der Waals surface area contributed by atoms with Crippen LogP contribution >= 0.6 is 0 Å². The highest BCUT2D eigenvalue weighted by atomic mass is 19.1. The normalized spacial score (nSPS) is 16.2. The summed E-state index contributed by atoms with van der Waals surface area (Å²) >= 11 is 0. The second-order valence-electron chi connectivity index (χ2n) is 6.23. The molecule has 1 amide bonds. The maximum absolute atomic E-state index is 14.0. The van der Waals surface area contributed by atoms with Crippen molar-refractivity contribution < 1.29 is 9.18 Å². The molecule has 1 saturated heterocycles. The molecule has 1 N–H and O–H groups in total. The second kappa shape index (κ2) is 7.03. The van der Waals surface area contributed by atoms with Crippen molar-refractivity contribution in [3.63, 3.8) is 0 Å². The number of halogens is 1. The first-order chi connectivity index (χ1) is 9.99. The van der Waals surface area contributed by atoms with Crippen LogP contribution in [-0.2, 0) is 0 Å². The molecule has 1 heterocycles. The Morgan fingerprint density at radius 2 is 2.05 bits per heavy atom. The minimum atomic E-state index is -0.429. The Hall–Kier alpha value is -1.42. The van der Waals surface area contributed by atoms with E-state index in [1.165, 1.54) is 6.07 Å². The van der Waals surface area contributed by atoms with Gasteiger partial charge in [-0.15, -0.1) is 0 Å². The topological polar surface area (TPSA) is 32.3 Å². The number of piperidine rings is 1. The first-order valence-electron chi connectivity index (χ1n) is 7.77. The molecule has 3 nitrogen and oxygen atoms in total. The van der Waals surface area contributed by atoms with Crippen molar-refractivity contribution >= 4 is 5.91 Å². The Morgan fingerprint density at radius 1 is 1.38 bits per heavy atom. The molecule has 2 rings (SSSR count). The lowest BCUT2D eigenvalue weighted by Crippen LogP contribution is -2.43. The van der Waals surface area contributed by atoms with Gasteiger partial charge in [0.15, 0.2) is 0 Å². The van der Waals surface area contributed by atoms with Gasteiger partial charge in [0.2, 0.25) is 0 Å². The third-order valence-corrected chi connectivity index (χ3v) is 4.15. The number of aryl methyl sites for hydroxylation is 1. The Bertz CT molecular complexity index is 496. The van der Waals surface area contributed by atoms with E-state index in [-0.39, 0.29) is 17.5 Å². The van der Waals surface area contributed by atoms with E-state index in [1.807, 2.05) is 25.7 Å². The van der Waals surface area contributed by atoms with Crippen molar-refractivity contribution in [3.8, 4) is 0 Å². The van der Waals surface area contributed by atoms with E-state index in [1.54, 1.807) is 12.1 Å². The first kappa shape index (κ1) is 16.0. The Labute approximate surface area is 126 Å². The fourth-order valence-corrected chi connectivity index (χ4v) is 2.83. The molecule has 21 heavy (non-hydrogen) atoms. The lowest BCUT2D eigenvalue weighted by molar-refractivity contribution is 0.0653. The number of nitrogens with one attached hydrogen (secondary N) is 1. The van der Waals surface area contributed by atoms with Crippen LogP contribution in [0, 0.1) is 18.7 Å². The van der Waals surface area contributed by atoms with Crippen molar-refractivity contribution in [1.82, 2.24) is 10.2 Å². The molecule has 116 valence electrons. The molecule has 0 aromatic heterocycles. The van der Waals surface area contributed by atoms with E-state index >= 15 is 0 Å². The zero-order valence-electron chi connectivity index (χ0n) is 13.2. The number of hydrogen-bond donors (Lipinski definition) is 1. The lowest BCUT2D eigenvalue weighted by atomic mass is 9.96. The van der Waals surface area contributed by atoms with Gasteiger partial charge in [-0.3, -0.25) is 4.79 Å².